The van der Waals surface area contributed by atoms with Gasteiger partial charge in [0.05, 0.1) is 5.92 Å². The standard InChI is InChI=1S/C19H23NO3/c21-17(20-10-4-7-14(12-20)18(22)23)16-11-19(16)9-3-6-13-5-1-2-8-15(13)19/h1-2,5,8,14,16H,3-4,6-7,9-12H2,(H,22,23)/t14-,16-,19+/m0/s1. The molecule has 2 aliphatic carbocycles. The summed E-state index contributed by atoms with van der Waals surface area (Å²) in [7, 11) is 0. The molecule has 1 aromatic rings. The minimum atomic E-state index is -0.768. The Hall–Kier alpha value is -1.84. The fourth-order valence-corrected chi connectivity index (χ4v) is 4.76. The highest BCUT2D eigenvalue weighted by atomic mass is 16.4. The van der Waals surface area contributed by atoms with E-state index in [1.54, 1.807) is 0 Å². The Morgan fingerprint density at radius 1 is 1.22 bits per heavy atom. The van der Waals surface area contributed by atoms with Crippen LogP contribution < -0.4 is 0 Å². The van der Waals surface area contributed by atoms with Gasteiger partial charge in [-0.2, -0.15) is 0 Å². The van der Waals surface area contributed by atoms with Crippen LogP contribution in [0, 0.1) is 11.8 Å². The Balaban J connectivity index is 1.53. The first-order valence-electron chi connectivity index (χ1n) is 8.72. The molecule has 3 atom stereocenters. The summed E-state index contributed by atoms with van der Waals surface area (Å²) in [5.74, 6) is -0.902. The molecule has 1 spiro atoms. The van der Waals surface area contributed by atoms with Crippen molar-refractivity contribution in [1.82, 2.24) is 4.90 Å². The van der Waals surface area contributed by atoms with Gasteiger partial charge >= 0.3 is 5.97 Å². The number of carbonyl (C=O) groups excluding carboxylic acids is 1. The van der Waals surface area contributed by atoms with Crippen molar-refractivity contribution in [2.75, 3.05) is 13.1 Å². The lowest BCUT2D eigenvalue weighted by Crippen LogP contribution is -2.44. The van der Waals surface area contributed by atoms with E-state index in [0.717, 1.165) is 38.6 Å². The minimum absolute atomic E-state index is 0.0437. The van der Waals surface area contributed by atoms with E-state index in [9.17, 15) is 14.7 Å². The van der Waals surface area contributed by atoms with E-state index < -0.39 is 5.97 Å². The van der Waals surface area contributed by atoms with E-state index in [1.807, 2.05) is 4.90 Å². The van der Waals surface area contributed by atoms with Gasteiger partial charge in [0.2, 0.25) is 5.91 Å². The third kappa shape index (κ3) is 2.35. The van der Waals surface area contributed by atoms with E-state index in [0.29, 0.717) is 13.0 Å². The van der Waals surface area contributed by atoms with Crippen molar-refractivity contribution < 1.29 is 14.7 Å². The van der Waals surface area contributed by atoms with Crippen molar-refractivity contribution in [2.24, 2.45) is 11.8 Å². The number of fused-ring (bicyclic) bond motifs is 2. The summed E-state index contributed by atoms with van der Waals surface area (Å²) in [6.45, 7) is 1.11. The predicted octanol–water partition coefficient (Wildman–Crippen LogP) is 2.60. The lowest BCUT2D eigenvalue weighted by molar-refractivity contribution is -0.146. The molecule has 0 unspecified atom stereocenters. The number of carboxylic acids is 1. The van der Waals surface area contributed by atoms with E-state index >= 15 is 0 Å². The normalized spacial score (nSPS) is 32.4. The quantitative estimate of drug-likeness (QED) is 0.913. The Morgan fingerprint density at radius 2 is 2.04 bits per heavy atom. The molecular weight excluding hydrogens is 290 g/mol. The number of hydrogen-bond acceptors (Lipinski definition) is 2. The molecule has 1 saturated heterocycles. The number of likely N-dealkylation sites (tertiary alicyclic amines) is 1. The maximum atomic E-state index is 12.9. The van der Waals surface area contributed by atoms with Gasteiger partial charge in [0.15, 0.2) is 0 Å². The first-order valence-corrected chi connectivity index (χ1v) is 8.72. The third-order valence-corrected chi connectivity index (χ3v) is 6.08. The van der Waals surface area contributed by atoms with Crippen molar-refractivity contribution in [3.8, 4) is 0 Å². The third-order valence-electron chi connectivity index (χ3n) is 6.08. The van der Waals surface area contributed by atoms with Gasteiger partial charge in [0.25, 0.3) is 0 Å². The smallest absolute Gasteiger partial charge is 0.308 e. The van der Waals surface area contributed by atoms with Crippen molar-refractivity contribution in [3.05, 3.63) is 35.4 Å². The zero-order chi connectivity index (χ0) is 16.0. The molecule has 0 radical (unpaired) electrons. The van der Waals surface area contributed by atoms with Gasteiger partial charge in [-0.15, -0.1) is 0 Å². The van der Waals surface area contributed by atoms with Crippen LogP contribution in [0.4, 0.5) is 0 Å². The molecule has 3 aliphatic rings. The molecule has 4 rings (SSSR count). The maximum absolute atomic E-state index is 12.9. The molecule has 0 bridgehead atoms. The largest absolute Gasteiger partial charge is 0.481 e. The molecule has 1 aromatic carbocycles. The summed E-state index contributed by atoms with van der Waals surface area (Å²) in [6.07, 6.45) is 5.80. The SMILES string of the molecule is O=C(O)[C@H]1CCCN(C(=O)[C@@H]2C[C@@]23CCCc2ccccc23)C1. The van der Waals surface area contributed by atoms with Gasteiger partial charge in [-0.05, 0) is 49.7 Å². The number of rotatable bonds is 2. The number of aryl methyl sites for hydroxylation is 1. The van der Waals surface area contributed by atoms with Crippen LogP contribution in [0.15, 0.2) is 24.3 Å². The Kier molecular flexibility index (Phi) is 3.43. The Labute approximate surface area is 136 Å². The monoisotopic (exact) mass is 313 g/mol. The number of aliphatic carboxylic acids is 1. The molecule has 1 N–H and O–H groups in total. The predicted molar refractivity (Wildman–Crippen MR) is 86.1 cm³/mol. The number of benzene rings is 1. The summed E-state index contributed by atoms with van der Waals surface area (Å²) in [6, 6.07) is 8.54. The van der Waals surface area contributed by atoms with Gasteiger partial charge in [0.1, 0.15) is 0 Å². The summed E-state index contributed by atoms with van der Waals surface area (Å²) in [5, 5.41) is 9.23. The minimum Gasteiger partial charge on any atom is -0.481 e. The number of amides is 1. The molecule has 1 heterocycles. The van der Waals surface area contributed by atoms with Gasteiger partial charge in [-0.1, -0.05) is 24.3 Å². The highest BCUT2D eigenvalue weighted by Crippen LogP contribution is 2.60. The van der Waals surface area contributed by atoms with Crippen molar-refractivity contribution in [2.45, 2.75) is 43.9 Å². The van der Waals surface area contributed by atoms with Crippen LogP contribution in [0.3, 0.4) is 0 Å². The number of nitrogens with zero attached hydrogens (tertiary/aromatic N) is 1. The second-order valence-corrected chi connectivity index (χ2v) is 7.39. The second-order valence-electron chi connectivity index (χ2n) is 7.39. The first kappa shape index (κ1) is 14.7. The second kappa shape index (κ2) is 5.36. The van der Waals surface area contributed by atoms with E-state index in [2.05, 4.69) is 24.3 Å². The topological polar surface area (TPSA) is 57.6 Å². The molecule has 4 heteroatoms. The zero-order valence-electron chi connectivity index (χ0n) is 13.3. The summed E-state index contributed by atoms with van der Waals surface area (Å²) in [5.41, 5.74) is 2.81. The maximum Gasteiger partial charge on any atom is 0.308 e. The van der Waals surface area contributed by atoms with Crippen molar-refractivity contribution in [3.63, 3.8) is 0 Å². The highest BCUT2D eigenvalue weighted by molar-refractivity contribution is 5.85. The molecule has 1 amide bonds. The van der Waals surface area contributed by atoms with Crippen LogP contribution in [0.5, 0.6) is 0 Å². The number of piperidine rings is 1. The summed E-state index contributed by atoms with van der Waals surface area (Å²) >= 11 is 0. The lowest BCUT2D eigenvalue weighted by Gasteiger charge is -2.32. The molecule has 1 saturated carbocycles. The van der Waals surface area contributed by atoms with E-state index in [1.165, 1.54) is 11.1 Å². The van der Waals surface area contributed by atoms with E-state index in [4.69, 9.17) is 0 Å². The lowest BCUT2D eigenvalue weighted by atomic mass is 9.78. The molecular formula is C19H23NO3. The fraction of sp³-hybridized carbons (Fsp3) is 0.579. The van der Waals surface area contributed by atoms with Crippen molar-refractivity contribution in [1.29, 1.82) is 0 Å². The first-order chi connectivity index (χ1) is 11.1. The Morgan fingerprint density at radius 3 is 2.87 bits per heavy atom. The number of carboxylic acid groups (broad SMARTS) is 1. The van der Waals surface area contributed by atoms with Crippen LogP contribution in [0.2, 0.25) is 0 Å². The molecule has 23 heavy (non-hydrogen) atoms. The van der Waals surface area contributed by atoms with Gasteiger partial charge in [-0.3, -0.25) is 9.59 Å². The average molecular weight is 313 g/mol. The van der Waals surface area contributed by atoms with Crippen LogP contribution in [0.25, 0.3) is 0 Å². The molecule has 0 aromatic heterocycles. The number of hydrogen-bond donors (Lipinski definition) is 1. The molecule has 4 nitrogen and oxygen atoms in total. The van der Waals surface area contributed by atoms with Crippen LogP contribution >= 0.6 is 0 Å². The molecule has 122 valence electrons. The zero-order valence-corrected chi connectivity index (χ0v) is 13.3. The molecule has 2 fully saturated rings. The Bertz CT molecular complexity index is 656. The van der Waals surface area contributed by atoms with Gasteiger partial charge in [-0.25, -0.2) is 0 Å². The van der Waals surface area contributed by atoms with Gasteiger partial charge in [0, 0.05) is 24.4 Å². The fourth-order valence-electron chi connectivity index (χ4n) is 4.76. The van der Waals surface area contributed by atoms with E-state index in [-0.39, 0.29) is 23.2 Å². The number of carbonyl (C=O) groups is 2. The van der Waals surface area contributed by atoms with Crippen LogP contribution in [0.1, 0.15) is 43.2 Å². The summed E-state index contributed by atoms with van der Waals surface area (Å²) < 4.78 is 0. The van der Waals surface area contributed by atoms with Crippen LogP contribution in [-0.2, 0) is 21.4 Å². The van der Waals surface area contributed by atoms with Crippen molar-refractivity contribution >= 4 is 11.9 Å². The summed E-state index contributed by atoms with van der Waals surface area (Å²) in [4.78, 5) is 26.0. The highest BCUT2D eigenvalue weighted by Gasteiger charge is 2.61. The molecule has 1 aliphatic heterocycles. The van der Waals surface area contributed by atoms with Crippen LogP contribution in [-0.4, -0.2) is 35.0 Å². The average Bonchev–Trinajstić information content (AvgIpc) is 3.29. The van der Waals surface area contributed by atoms with Gasteiger partial charge < -0.3 is 10.0 Å².